The van der Waals surface area contributed by atoms with Crippen molar-refractivity contribution in [3.05, 3.63) is 58.8 Å². The Morgan fingerprint density at radius 3 is 2.56 bits per heavy atom. The van der Waals surface area contributed by atoms with Gasteiger partial charge in [0.2, 0.25) is 0 Å². The molecule has 1 heterocycles. The van der Waals surface area contributed by atoms with E-state index in [1.807, 2.05) is 44.2 Å². The largest absolute Gasteiger partial charge is 0.388 e. The molecule has 1 atom stereocenters. The van der Waals surface area contributed by atoms with Crippen LogP contribution in [0.3, 0.4) is 0 Å². The summed E-state index contributed by atoms with van der Waals surface area (Å²) in [5.41, 5.74) is 9.86. The number of aromatic nitrogens is 1. The quantitative estimate of drug-likeness (QED) is 0.869. The number of aliphatic hydroxyl groups excluding tert-OH is 1. The van der Waals surface area contributed by atoms with Crippen molar-refractivity contribution < 1.29 is 5.11 Å². The van der Waals surface area contributed by atoms with Gasteiger partial charge in [0, 0.05) is 18.2 Å². The first-order valence-electron chi connectivity index (χ1n) is 6.03. The molecule has 3 nitrogen and oxygen atoms in total. The second kappa shape index (κ2) is 5.19. The Bertz CT molecular complexity index is 532. The Hall–Kier alpha value is -1.87. The average molecular weight is 242 g/mol. The van der Waals surface area contributed by atoms with Crippen LogP contribution < -0.4 is 5.73 Å². The summed E-state index contributed by atoms with van der Waals surface area (Å²) in [7, 11) is 0. The molecule has 0 radical (unpaired) electrons. The van der Waals surface area contributed by atoms with Crippen LogP contribution in [0.25, 0.3) is 0 Å². The van der Waals surface area contributed by atoms with E-state index in [0.29, 0.717) is 12.2 Å². The molecule has 0 amide bonds. The number of hydrogen-bond donors (Lipinski definition) is 2. The predicted octanol–water partition coefficient (Wildman–Crippen LogP) is 2.56. The Kier molecular flexibility index (Phi) is 3.63. The highest BCUT2D eigenvalue weighted by Gasteiger charge is 2.15. The van der Waals surface area contributed by atoms with Crippen LogP contribution in [-0.2, 0) is 6.42 Å². The van der Waals surface area contributed by atoms with Gasteiger partial charge in [-0.05, 0) is 36.6 Å². The van der Waals surface area contributed by atoms with E-state index < -0.39 is 6.10 Å². The van der Waals surface area contributed by atoms with Gasteiger partial charge in [0.1, 0.15) is 5.82 Å². The third kappa shape index (κ3) is 2.51. The zero-order valence-corrected chi connectivity index (χ0v) is 10.7. The number of nitrogens with zero attached hydrogens (tertiary/aromatic N) is 1. The van der Waals surface area contributed by atoms with Crippen LogP contribution in [0.1, 0.15) is 28.4 Å². The molecule has 1 aromatic carbocycles. The van der Waals surface area contributed by atoms with Crippen LogP contribution in [0, 0.1) is 13.8 Å². The highest BCUT2D eigenvalue weighted by atomic mass is 16.3. The minimum Gasteiger partial charge on any atom is -0.388 e. The summed E-state index contributed by atoms with van der Waals surface area (Å²) in [6.07, 6.45) is 1.61. The van der Waals surface area contributed by atoms with Crippen LogP contribution in [0.5, 0.6) is 0 Å². The van der Waals surface area contributed by atoms with E-state index in [9.17, 15) is 5.11 Å². The number of anilines is 1. The normalized spacial score (nSPS) is 12.4. The molecular formula is C15H18N2O. The first-order valence-corrected chi connectivity index (χ1v) is 6.03. The van der Waals surface area contributed by atoms with E-state index in [2.05, 4.69) is 4.98 Å². The number of aryl methyl sites for hydroxylation is 2. The van der Waals surface area contributed by atoms with Crippen LogP contribution in [0.2, 0.25) is 0 Å². The van der Waals surface area contributed by atoms with Gasteiger partial charge in [-0.15, -0.1) is 0 Å². The summed E-state index contributed by atoms with van der Waals surface area (Å²) < 4.78 is 0. The molecule has 18 heavy (non-hydrogen) atoms. The molecule has 0 saturated heterocycles. The Morgan fingerprint density at radius 2 is 1.89 bits per heavy atom. The maximum Gasteiger partial charge on any atom is 0.129 e. The van der Waals surface area contributed by atoms with Crippen LogP contribution >= 0.6 is 0 Å². The van der Waals surface area contributed by atoms with Gasteiger partial charge in [-0.2, -0.15) is 0 Å². The summed E-state index contributed by atoms with van der Waals surface area (Å²) in [4.78, 5) is 4.04. The van der Waals surface area contributed by atoms with Crippen molar-refractivity contribution in [3.8, 4) is 0 Å². The van der Waals surface area contributed by atoms with Gasteiger partial charge in [0.05, 0.1) is 6.10 Å². The molecule has 0 aliphatic heterocycles. The number of benzene rings is 1. The van der Waals surface area contributed by atoms with Crippen molar-refractivity contribution >= 4 is 5.82 Å². The molecule has 0 fully saturated rings. The molecule has 3 N–H and O–H groups in total. The summed E-state index contributed by atoms with van der Waals surface area (Å²) in [5.74, 6) is 0.413. The average Bonchev–Trinajstić information content (AvgIpc) is 2.32. The van der Waals surface area contributed by atoms with Crippen LogP contribution in [-0.4, -0.2) is 10.1 Å². The molecule has 1 aromatic heterocycles. The van der Waals surface area contributed by atoms with E-state index in [1.54, 1.807) is 6.20 Å². The minimum absolute atomic E-state index is 0.413. The lowest BCUT2D eigenvalue weighted by Crippen LogP contribution is -2.09. The fourth-order valence-corrected chi connectivity index (χ4v) is 2.17. The van der Waals surface area contributed by atoms with Gasteiger partial charge in [-0.1, -0.05) is 24.3 Å². The van der Waals surface area contributed by atoms with Gasteiger partial charge >= 0.3 is 0 Å². The molecule has 1 unspecified atom stereocenters. The zero-order chi connectivity index (χ0) is 13.1. The molecule has 94 valence electrons. The Labute approximate surface area is 107 Å². The van der Waals surface area contributed by atoms with Crippen molar-refractivity contribution in [2.75, 3.05) is 5.73 Å². The highest BCUT2D eigenvalue weighted by molar-refractivity contribution is 5.46. The standard InChI is InChI=1S/C15H18N2O/c1-10-5-3-4-6-12(10)9-13(18)14-11(2)7-8-17-15(14)16/h3-8,13,18H,9H2,1-2H3,(H2,16,17). The van der Waals surface area contributed by atoms with Crippen LogP contribution in [0.15, 0.2) is 36.5 Å². The SMILES string of the molecule is Cc1ccccc1CC(O)c1c(C)ccnc1N. The van der Waals surface area contributed by atoms with Gasteiger partial charge in [-0.25, -0.2) is 4.98 Å². The maximum absolute atomic E-state index is 10.3. The molecule has 0 spiro atoms. The summed E-state index contributed by atoms with van der Waals surface area (Å²) in [5, 5.41) is 10.3. The zero-order valence-electron chi connectivity index (χ0n) is 10.7. The number of nitrogens with two attached hydrogens (primary N) is 1. The van der Waals surface area contributed by atoms with Crippen molar-refractivity contribution in [3.63, 3.8) is 0 Å². The summed E-state index contributed by atoms with van der Waals surface area (Å²) in [6.45, 7) is 3.98. The Morgan fingerprint density at radius 1 is 1.17 bits per heavy atom. The lowest BCUT2D eigenvalue weighted by molar-refractivity contribution is 0.178. The Balaban J connectivity index is 2.28. The third-order valence-electron chi connectivity index (χ3n) is 3.25. The van der Waals surface area contributed by atoms with Crippen molar-refractivity contribution in [1.82, 2.24) is 4.98 Å². The molecule has 3 heteroatoms. The number of nitrogen functional groups attached to an aromatic ring is 1. The van der Waals surface area contributed by atoms with Gasteiger partial charge in [0.15, 0.2) is 0 Å². The molecular weight excluding hydrogens is 224 g/mol. The molecule has 0 aliphatic carbocycles. The van der Waals surface area contributed by atoms with E-state index in [1.165, 1.54) is 5.56 Å². The number of hydrogen-bond acceptors (Lipinski definition) is 3. The van der Waals surface area contributed by atoms with Crippen molar-refractivity contribution in [2.24, 2.45) is 0 Å². The van der Waals surface area contributed by atoms with E-state index >= 15 is 0 Å². The van der Waals surface area contributed by atoms with E-state index in [0.717, 1.165) is 16.7 Å². The summed E-state index contributed by atoms with van der Waals surface area (Å²) in [6, 6.07) is 9.91. The first kappa shape index (κ1) is 12.6. The second-order valence-electron chi connectivity index (χ2n) is 4.57. The van der Waals surface area contributed by atoms with Crippen molar-refractivity contribution in [1.29, 1.82) is 0 Å². The molecule has 0 bridgehead atoms. The predicted molar refractivity (Wildman–Crippen MR) is 73.2 cm³/mol. The molecule has 2 aromatic rings. The number of rotatable bonds is 3. The molecule has 0 aliphatic rings. The first-order chi connectivity index (χ1) is 8.59. The maximum atomic E-state index is 10.3. The number of aliphatic hydroxyl groups is 1. The molecule has 2 rings (SSSR count). The van der Waals surface area contributed by atoms with Gasteiger partial charge < -0.3 is 10.8 Å². The lowest BCUT2D eigenvalue weighted by Gasteiger charge is -2.16. The minimum atomic E-state index is -0.611. The van der Waals surface area contributed by atoms with E-state index in [-0.39, 0.29) is 0 Å². The van der Waals surface area contributed by atoms with Gasteiger partial charge in [0.25, 0.3) is 0 Å². The number of pyridine rings is 1. The highest BCUT2D eigenvalue weighted by Crippen LogP contribution is 2.26. The van der Waals surface area contributed by atoms with Gasteiger partial charge in [-0.3, -0.25) is 0 Å². The fraction of sp³-hybridized carbons (Fsp3) is 0.267. The topological polar surface area (TPSA) is 59.1 Å². The lowest BCUT2D eigenvalue weighted by atomic mass is 9.96. The second-order valence-corrected chi connectivity index (χ2v) is 4.57. The monoisotopic (exact) mass is 242 g/mol. The third-order valence-corrected chi connectivity index (χ3v) is 3.25. The van der Waals surface area contributed by atoms with E-state index in [4.69, 9.17) is 5.73 Å². The van der Waals surface area contributed by atoms with Crippen molar-refractivity contribution in [2.45, 2.75) is 26.4 Å². The van der Waals surface area contributed by atoms with Crippen LogP contribution in [0.4, 0.5) is 5.82 Å². The summed E-state index contributed by atoms with van der Waals surface area (Å²) >= 11 is 0. The smallest absolute Gasteiger partial charge is 0.129 e. The molecule has 0 saturated carbocycles. The fourth-order valence-electron chi connectivity index (χ4n) is 2.17.